The first-order chi connectivity index (χ1) is 12.7. The number of benzene rings is 1. The summed E-state index contributed by atoms with van der Waals surface area (Å²) in [6.07, 6.45) is 1.74. The Morgan fingerprint density at radius 2 is 1.68 bits per heavy atom. The van der Waals surface area contributed by atoms with Crippen LogP contribution in [0.25, 0.3) is 0 Å². The van der Waals surface area contributed by atoms with Gasteiger partial charge < -0.3 is 24.8 Å². The summed E-state index contributed by atoms with van der Waals surface area (Å²) >= 11 is 0. The predicted octanol–water partition coefficient (Wildman–Crippen LogP) is 2.21. The third-order valence-corrected chi connectivity index (χ3v) is 4.82. The van der Waals surface area contributed by atoms with E-state index in [1.165, 1.54) is 6.26 Å². The molecule has 0 heterocycles. The molecule has 0 aromatic heterocycles. The highest BCUT2D eigenvalue weighted by Gasteiger charge is 2.13. The first-order valence-corrected chi connectivity index (χ1v) is 10.8. The van der Waals surface area contributed by atoms with Gasteiger partial charge in [-0.25, -0.2) is 13.4 Å². The van der Waals surface area contributed by atoms with Gasteiger partial charge in [-0.1, -0.05) is 0 Å². The first-order valence-electron chi connectivity index (χ1n) is 8.75. The maximum atomic E-state index is 11.3. The maximum Gasteiger partial charge on any atom is 0.191 e. The summed E-state index contributed by atoms with van der Waals surface area (Å²) in [5.41, 5.74) is 0.844. The SMILES string of the molecule is CCNC(=NCc1cc(OC)c(OC)cc1OC)NC(C)CCS(C)(=O)=O.I. The van der Waals surface area contributed by atoms with Crippen molar-refractivity contribution < 1.29 is 22.6 Å². The minimum atomic E-state index is -2.99. The number of guanidine groups is 1. The number of sulfone groups is 1. The molecule has 0 amide bonds. The van der Waals surface area contributed by atoms with E-state index >= 15 is 0 Å². The van der Waals surface area contributed by atoms with Crippen LogP contribution in [0.5, 0.6) is 17.2 Å². The van der Waals surface area contributed by atoms with Crippen molar-refractivity contribution in [3.63, 3.8) is 0 Å². The third-order valence-electron chi connectivity index (χ3n) is 3.84. The zero-order chi connectivity index (χ0) is 20.4. The zero-order valence-corrected chi connectivity index (χ0v) is 20.5. The second-order valence-electron chi connectivity index (χ2n) is 6.18. The van der Waals surface area contributed by atoms with E-state index in [2.05, 4.69) is 15.6 Å². The van der Waals surface area contributed by atoms with Crippen LogP contribution in [0.4, 0.5) is 0 Å². The van der Waals surface area contributed by atoms with Crippen molar-refractivity contribution in [2.24, 2.45) is 4.99 Å². The minimum Gasteiger partial charge on any atom is -0.496 e. The van der Waals surface area contributed by atoms with Crippen molar-refractivity contribution >= 4 is 39.8 Å². The van der Waals surface area contributed by atoms with Crippen LogP contribution in [0.2, 0.25) is 0 Å². The number of ether oxygens (including phenoxy) is 3. The average molecular weight is 529 g/mol. The van der Waals surface area contributed by atoms with E-state index < -0.39 is 9.84 Å². The number of halogens is 1. The van der Waals surface area contributed by atoms with Crippen LogP contribution in [-0.2, 0) is 16.4 Å². The molecule has 1 rings (SSSR count). The van der Waals surface area contributed by atoms with E-state index in [9.17, 15) is 8.42 Å². The highest BCUT2D eigenvalue weighted by molar-refractivity contribution is 14.0. The maximum absolute atomic E-state index is 11.3. The number of nitrogens with zero attached hydrogens (tertiary/aromatic N) is 1. The normalized spacial score (nSPS) is 12.6. The molecular formula is C18H32IN3O5S. The fourth-order valence-corrected chi connectivity index (χ4v) is 3.18. The van der Waals surface area contributed by atoms with Crippen molar-refractivity contribution in [1.82, 2.24) is 10.6 Å². The molecule has 0 spiro atoms. The summed E-state index contributed by atoms with van der Waals surface area (Å²) < 4.78 is 38.7. The Morgan fingerprint density at radius 1 is 1.11 bits per heavy atom. The van der Waals surface area contributed by atoms with Gasteiger partial charge in [0, 0.05) is 30.5 Å². The van der Waals surface area contributed by atoms with Crippen molar-refractivity contribution in [1.29, 1.82) is 0 Å². The van der Waals surface area contributed by atoms with E-state index in [4.69, 9.17) is 14.2 Å². The summed E-state index contributed by atoms with van der Waals surface area (Å²) in [5, 5.41) is 6.39. The molecule has 10 heteroatoms. The van der Waals surface area contributed by atoms with Crippen LogP contribution in [0.1, 0.15) is 25.8 Å². The zero-order valence-electron chi connectivity index (χ0n) is 17.4. The molecule has 1 aromatic carbocycles. The topological polar surface area (TPSA) is 98.2 Å². The molecule has 2 N–H and O–H groups in total. The molecule has 0 saturated heterocycles. The lowest BCUT2D eigenvalue weighted by Crippen LogP contribution is -2.42. The van der Waals surface area contributed by atoms with Gasteiger partial charge in [-0.15, -0.1) is 24.0 Å². The molecule has 0 fully saturated rings. The lowest BCUT2D eigenvalue weighted by molar-refractivity contribution is 0.347. The summed E-state index contributed by atoms with van der Waals surface area (Å²) in [5.74, 6) is 2.57. The molecule has 0 saturated carbocycles. The van der Waals surface area contributed by atoms with E-state index in [0.29, 0.717) is 42.7 Å². The Labute approximate surface area is 185 Å². The summed E-state index contributed by atoms with van der Waals surface area (Å²) in [6, 6.07) is 3.56. The molecule has 8 nitrogen and oxygen atoms in total. The van der Waals surface area contributed by atoms with Crippen LogP contribution < -0.4 is 24.8 Å². The van der Waals surface area contributed by atoms with Gasteiger partial charge in [0.05, 0.1) is 33.6 Å². The minimum absolute atomic E-state index is 0. The smallest absolute Gasteiger partial charge is 0.191 e. The summed E-state index contributed by atoms with van der Waals surface area (Å²) in [6.45, 7) is 4.94. The van der Waals surface area contributed by atoms with Gasteiger partial charge >= 0.3 is 0 Å². The number of rotatable bonds is 10. The van der Waals surface area contributed by atoms with E-state index in [0.717, 1.165) is 5.56 Å². The number of aliphatic imine (C=N–C) groups is 1. The molecule has 1 atom stereocenters. The van der Waals surface area contributed by atoms with Crippen LogP contribution in [-0.4, -0.2) is 60.3 Å². The second-order valence-corrected chi connectivity index (χ2v) is 8.44. The fraction of sp³-hybridized carbons (Fsp3) is 0.611. The van der Waals surface area contributed by atoms with E-state index in [-0.39, 0.29) is 35.8 Å². The Bertz CT molecular complexity index is 741. The Morgan fingerprint density at radius 3 is 2.18 bits per heavy atom. The van der Waals surface area contributed by atoms with Crippen molar-refractivity contribution in [3.05, 3.63) is 17.7 Å². The van der Waals surface area contributed by atoms with E-state index in [1.54, 1.807) is 27.4 Å². The van der Waals surface area contributed by atoms with Crippen molar-refractivity contribution in [2.45, 2.75) is 32.9 Å². The quantitative estimate of drug-likeness (QED) is 0.273. The first kappa shape index (κ1) is 26.6. The van der Waals surface area contributed by atoms with Gasteiger partial charge in [0.1, 0.15) is 15.6 Å². The van der Waals surface area contributed by atoms with Crippen molar-refractivity contribution in [3.8, 4) is 17.2 Å². The van der Waals surface area contributed by atoms with Gasteiger partial charge in [0.25, 0.3) is 0 Å². The molecule has 1 unspecified atom stereocenters. The number of hydrogen-bond donors (Lipinski definition) is 2. The average Bonchev–Trinajstić information content (AvgIpc) is 2.63. The molecule has 0 bridgehead atoms. The third kappa shape index (κ3) is 9.18. The second kappa shape index (κ2) is 12.9. The van der Waals surface area contributed by atoms with Gasteiger partial charge in [-0.2, -0.15) is 0 Å². The van der Waals surface area contributed by atoms with Gasteiger partial charge in [-0.3, -0.25) is 0 Å². The lowest BCUT2D eigenvalue weighted by atomic mass is 10.1. The molecule has 0 aliphatic rings. The number of methoxy groups -OCH3 is 3. The Balaban J connectivity index is 0.00000729. The summed E-state index contributed by atoms with van der Waals surface area (Å²) in [7, 11) is 1.75. The number of hydrogen-bond acceptors (Lipinski definition) is 6. The van der Waals surface area contributed by atoms with Crippen LogP contribution >= 0.6 is 24.0 Å². The van der Waals surface area contributed by atoms with Gasteiger partial charge in [0.15, 0.2) is 17.5 Å². The monoisotopic (exact) mass is 529 g/mol. The van der Waals surface area contributed by atoms with Crippen molar-refractivity contribution in [2.75, 3.05) is 39.9 Å². The van der Waals surface area contributed by atoms with E-state index in [1.807, 2.05) is 19.9 Å². The Kier molecular flexibility index (Phi) is 12.3. The van der Waals surface area contributed by atoms with Crippen LogP contribution in [0, 0.1) is 0 Å². The Hall–Kier alpha value is -1.43. The van der Waals surface area contributed by atoms with Gasteiger partial charge in [0.2, 0.25) is 0 Å². The molecule has 0 aliphatic carbocycles. The highest BCUT2D eigenvalue weighted by Crippen LogP contribution is 2.34. The molecule has 162 valence electrons. The molecular weight excluding hydrogens is 497 g/mol. The lowest BCUT2D eigenvalue weighted by Gasteiger charge is -2.18. The standard InChI is InChI=1S/C18H31N3O5S.HI/c1-7-19-18(21-13(2)8-9-27(6,22)23)20-12-14-10-16(25-4)17(26-5)11-15(14)24-3;/h10-11,13H,7-9,12H2,1-6H3,(H2,19,20,21);1H. The molecule has 1 aromatic rings. The predicted molar refractivity (Wildman–Crippen MR) is 123 cm³/mol. The largest absolute Gasteiger partial charge is 0.496 e. The molecule has 0 radical (unpaired) electrons. The van der Waals surface area contributed by atoms with Crippen LogP contribution in [0.3, 0.4) is 0 Å². The highest BCUT2D eigenvalue weighted by atomic mass is 127. The molecule has 0 aliphatic heterocycles. The molecule has 28 heavy (non-hydrogen) atoms. The van der Waals surface area contributed by atoms with Gasteiger partial charge in [-0.05, 0) is 26.3 Å². The summed E-state index contributed by atoms with van der Waals surface area (Å²) in [4.78, 5) is 4.58. The van der Waals surface area contributed by atoms with Crippen LogP contribution in [0.15, 0.2) is 17.1 Å². The number of nitrogens with one attached hydrogen (secondary N) is 2. The fourth-order valence-electron chi connectivity index (χ4n) is 2.40.